The van der Waals surface area contributed by atoms with E-state index in [-0.39, 0.29) is 18.9 Å². The van der Waals surface area contributed by atoms with Crippen LogP contribution in [0.1, 0.15) is 27.2 Å². The molecule has 0 aromatic carbocycles. The first-order chi connectivity index (χ1) is 4.90. The fourth-order valence-corrected chi connectivity index (χ4v) is 0.846. The summed E-state index contributed by atoms with van der Waals surface area (Å²) in [5, 5.41) is 8.74. The molecule has 0 aromatic heterocycles. The van der Waals surface area contributed by atoms with Gasteiger partial charge in [0, 0.05) is 13.0 Å². The van der Waals surface area contributed by atoms with Crippen molar-refractivity contribution in [2.75, 3.05) is 6.61 Å². The summed E-state index contributed by atoms with van der Waals surface area (Å²) in [7, 11) is 0. The molecule has 0 spiro atoms. The Bertz CT molecular complexity index is 113. The highest BCUT2D eigenvalue weighted by molar-refractivity contribution is 4.75. The average Bonchev–Trinajstić information content (AvgIpc) is 1.83. The van der Waals surface area contributed by atoms with E-state index in [1.165, 1.54) is 0 Å². The molecule has 0 heterocycles. The van der Waals surface area contributed by atoms with Crippen molar-refractivity contribution in [2.45, 2.75) is 33.6 Å². The van der Waals surface area contributed by atoms with Crippen molar-refractivity contribution in [3.05, 3.63) is 0 Å². The first-order valence-electron chi connectivity index (χ1n) is 3.79. The molecule has 0 amide bonds. The van der Waals surface area contributed by atoms with Gasteiger partial charge in [-0.15, -0.1) is 0 Å². The minimum atomic E-state index is -2.28. The van der Waals surface area contributed by atoms with Crippen LogP contribution in [0.3, 0.4) is 0 Å². The smallest absolute Gasteiger partial charge is 0.239 e. The highest BCUT2D eigenvalue weighted by Crippen LogP contribution is 2.32. The van der Waals surface area contributed by atoms with Crippen LogP contribution in [0.5, 0.6) is 0 Å². The number of alkyl halides is 2. The van der Waals surface area contributed by atoms with Crippen LogP contribution in [0, 0.1) is 11.3 Å². The highest BCUT2D eigenvalue weighted by atomic mass is 19.3. The number of hydrogen-bond donors (Lipinski definition) is 1. The summed E-state index contributed by atoms with van der Waals surface area (Å²) in [5.41, 5.74) is -0.469. The van der Waals surface area contributed by atoms with Gasteiger partial charge in [-0.05, 0) is 11.3 Å². The molecule has 0 bridgehead atoms. The largest absolute Gasteiger partial charge is 0.396 e. The summed E-state index contributed by atoms with van der Waals surface area (Å²) in [6.45, 7) is 5.25. The van der Waals surface area contributed by atoms with Gasteiger partial charge in [-0.1, -0.05) is 20.8 Å². The second kappa shape index (κ2) is 4.00. The van der Waals surface area contributed by atoms with E-state index in [4.69, 9.17) is 5.11 Å². The predicted octanol–water partition coefficient (Wildman–Crippen LogP) is 2.30. The Balaban J connectivity index is 3.98. The number of rotatable bonds is 4. The topological polar surface area (TPSA) is 20.2 Å². The molecule has 0 radical (unpaired) electrons. The van der Waals surface area contributed by atoms with E-state index in [1.54, 1.807) is 20.8 Å². The molecule has 0 aliphatic carbocycles. The SMILES string of the molecule is C[C@H](CO)C(C)(C)CC(F)F. The van der Waals surface area contributed by atoms with Gasteiger partial charge in [0.15, 0.2) is 0 Å². The molecule has 0 unspecified atom stereocenters. The first-order valence-corrected chi connectivity index (χ1v) is 3.79. The third-order valence-corrected chi connectivity index (χ3v) is 2.29. The Morgan fingerprint density at radius 2 is 1.82 bits per heavy atom. The predicted molar refractivity (Wildman–Crippen MR) is 40.7 cm³/mol. The zero-order valence-corrected chi connectivity index (χ0v) is 7.27. The molecule has 0 saturated heterocycles. The number of aliphatic hydroxyl groups is 1. The zero-order chi connectivity index (χ0) is 9.07. The summed E-state index contributed by atoms with van der Waals surface area (Å²) in [6.07, 6.45) is -2.42. The molecule has 11 heavy (non-hydrogen) atoms. The Morgan fingerprint density at radius 1 is 1.36 bits per heavy atom. The molecule has 0 rings (SSSR count). The van der Waals surface area contributed by atoms with Crippen LogP contribution < -0.4 is 0 Å². The van der Waals surface area contributed by atoms with Crippen LogP contribution in [-0.2, 0) is 0 Å². The van der Waals surface area contributed by atoms with Gasteiger partial charge in [-0.25, -0.2) is 8.78 Å². The molecule has 1 N–H and O–H groups in total. The van der Waals surface area contributed by atoms with Crippen LogP contribution in [0.4, 0.5) is 8.78 Å². The van der Waals surface area contributed by atoms with Crippen LogP contribution in [0.2, 0.25) is 0 Å². The van der Waals surface area contributed by atoms with E-state index in [0.29, 0.717) is 0 Å². The van der Waals surface area contributed by atoms with Crippen molar-refractivity contribution in [3.63, 3.8) is 0 Å². The maximum absolute atomic E-state index is 11.9. The second-order valence-electron chi connectivity index (χ2n) is 3.67. The summed E-state index contributed by atoms with van der Waals surface area (Å²) >= 11 is 0. The van der Waals surface area contributed by atoms with Gasteiger partial charge >= 0.3 is 0 Å². The molecule has 68 valence electrons. The summed E-state index contributed by atoms with van der Waals surface area (Å²) in [5.74, 6) is -0.0727. The monoisotopic (exact) mass is 166 g/mol. The minimum absolute atomic E-state index is 0.0281. The van der Waals surface area contributed by atoms with Crippen LogP contribution in [0.25, 0.3) is 0 Å². The lowest BCUT2D eigenvalue weighted by Gasteiger charge is -2.29. The molecule has 1 atom stereocenters. The summed E-state index contributed by atoms with van der Waals surface area (Å²) < 4.78 is 23.9. The second-order valence-corrected chi connectivity index (χ2v) is 3.67. The average molecular weight is 166 g/mol. The quantitative estimate of drug-likeness (QED) is 0.679. The normalized spacial score (nSPS) is 15.5. The highest BCUT2D eigenvalue weighted by Gasteiger charge is 2.28. The maximum atomic E-state index is 11.9. The number of halogens is 2. The number of aliphatic hydroxyl groups excluding tert-OH is 1. The van der Waals surface area contributed by atoms with Crippen LogP contribution in [0.15, 0.2) is 0 Å². The molecule has 0 aliphatic heterocycles. The number of hydrogen-bond acceptors (Lipinski definition) is 1. The summed E-state index contributed by atoms with van der Waals surface area (Å²) in [6, 6.07) is 0. The molecule has 0 saturated carbocycles. The lowest BCUT2D eigenvalue weighted by atomic mass is 9.78. The van der Waals surface area contributed by atoms with E-state index >= 15 is 0 Å². The van der Waals surface area contributed by atoms with E-state index < -0.39 is 11.8 Å². The van der Waals surface area contributed by atoms with Crippen LogP contribution >= 0.6 is 0 Å². The van der Waals surface area contributed by atoms with Crippen molar-refractivity contribution in [3.8, 4) is 0 Å². The first kappa shape index (κ1) is 10.8. The third kappa shape index (κ3) is 3.65. The van der Waals surface area contributed by atoms with E-state index in [1.807, 2.05) is 0 Å². The molecule has 1 nitrogen and oxygen atoms in total. The molecule has 3 heteroatoms. The Labute approximate surface area is 66.4 Å². The van der Waals surface area contributed by atoms with Crippen molar-refractivity contribution in [2.24, 2.45) is 11.3 Å². The lowest BCUT2D eigenvalue weighted by molar-refractivity contribution is 0.0418. The van der Waals surface area contributed by atoms with Gasteiger partial charge in [0.2, 0.25) is 6.43 Å². The van der Waals surface area contributed by atoms with Crippen molar-refractivity contribution in [1.82, 2.24) is 0 Å². The van der Waals surface area contributed by atoms with Gasteiger partial charge in [-0.2, -0.15) is 0 Å². The van der Waals surface area contributed by atoms with Crippen molar-refractivity contribution >= 4 is 0 Å². The Hall–Kier alpha value is -0.180. The molecule has 0 fully saturated rings. The van der Waals surface area contributed by atoms with Crippen LogP contribution in [-0.4, -0.2) is 18.1 Å². The third-order valence-electron chi connectivity index (χ3n) is 2.29. The lowest BCUT2D eigenvalue weighted by Crippen LogP contribution is -2.26. The van der Waals surface area contributed by atoms with Gasteiger partial charge in [0.05, 0.1) is 0 Å². The van der Waals surface area contributed by atoms with Crippen molar-refractivity contribution in [1.29, 1.82) is 0 Å². The fourth-order valence-electron chi connectivity index (χ4n) is 0.846. The van der Waals surface area contributed by atoms with Gasteiger partial charge in [0.1, 0.15) is 0 Å². The Kier molecular flexibility index (Phi) is 3.93. The van der Waals surface area contributed by atoms with E-state index in [0.717, 1.165) is 0 Å². The zero-order valence-electron chi connectivity index (χ0n) is 7.27. The molecule has 0 aromatic rings. The molecule has 0 aliphatic rings. The van der Waals surface area contributed by atoms with Gasteiger partial charge < -0.3 is 5.11 Å². The van der Waals surface area contributed by atoms with E-state index in [9.17, 15) is 8.78 Å². The summed E-state index contributed by atoms with van der Waals surface area (Å²) in [4.78, 5) is 0. The maximum Gasteiger partial charge on any atom is 0.239 e. The van der Waals surface area contributed by atoms with Gasteiger partial charge in [0.25, 0.3) is 0 Å². The Morgan fingerprint density at radius 3 is 2.09 bits per heavy atom. The standard InChI is InChI=1S/C8H16F2O/c1-6(5-11)8(2,3)4-7(9)10/h6-7,11H,4-5H2,1-3H3/t6-/m1/s1. The van der Waals surface area contributed by atoms with Gasteiger partial charge in [-0.3, -0.25) is 0 Å². The van der Waals surface area contributed by atoms with Crippen molar-refractivity contribution < 1.29 is 13.9 Å². The molecular formula is C8H16F2O. The van der Waals surface area contributed by atoms with E-state index in [2.05, 4.69) is 0 Å². The fraction of sp³-hybridized carbons (Fsp3) is 1.00. The minimum Gasteiger partial charge on any atom is -0.396 e. The molecular weight excluding hydrogens is 150 g/mol.